The van der Waals surface area contributed by atoms with Gasteiger partial charge in [0.25, 0.3) is 5.69 Å². The van der Waals surface area contributed by atoms with Crippen LogP contribution >= 0.6 is 0 Å². The molecule has 0 aliphatic carbocycles. The minimum Gasteiger partial charge on any atom is -0.478 e. The summed E-state index contributed by atoms with van der Waals surface area (Å²) in [4.78, 5) is 37.3. The molecule has 1 aliphatic rings. The molecule has 114 valence electrons. The maximum absolute atomic E-state index is 12.0. The number of hydrogen-bond donors (Lipinski definition) is 1. The Kier molecular flexibility index (Phi) is 4.23. The fourth-order valence-corrected chi connectivity index (χ4v) is 2.33. The van der Waals surface area contributed by atoms with Crippen molar-refractivity contribution in [1.29, 1.82) is 0 Å². The van der Waals surface area contributed by atoms with E-state index in [9.17, 15) is 24.8 Å². The quantitative estimate of drug-likeness (QED) is 0.290. The Bertz CT molecular complexity index is 697. The Balaban J connectivity index is 2.39. The molecule has 1 aliphatic heterocycles. The number of carbonyl (C=O) groups is 2. The van der Waals surface area contributed by atoms with Crippen LogP contribution in [0, 0.1) is 16.0 Å². The highest BCUT2D eigenvalue weighted by Gasteiger charge is 2.33. The molecule has 1 aromatic rings. The number of carbonyl (C=O) groups excluding carboxylic acids is 1. The minimum atomic E-state index is -1.28. The molecule has 10 nitrogen and oxygen atoms in total. The molecular formula is C12H11N5O5. The Hall–Kier alpha value is -3.13. The van der Waals surface area contributed by atoms with Crippen molar-refractivity contribution in [3.8, 4) is 0 Å². The molecule has 1 aromatic carbocycles. The van der Waals surface area contributed by atoms with Gasteiger partial charge in [-0.05, 0) is 17.5 Å². The second-order valence-electron chi connectivity index (χ2n) is 4.75. The third kappa shape index (κ3) is 2.96. The van der Waals surface area contributed by atoms with E-state index in [4.69, 9.17) is 5.53 Å². The monoisotopic (exact) mass is 305 g/mol. The highest BCUT2D eigenvalue weighted by Crippen LogP contribution is 2.31. The van der Waals surface area contributed by atoms with Crippen molar-refractivity contribution in [2.24, 2.45) is 11.0 Å². The lowest BCUT2D eigenvalue weighted by atomic mass is 10.1. The van der Waals surface area contributed by atoms with Gasteiger partial charge in [0.2, 0.25) is 5.91 Å². The van der Waals surface area contributed by atoms with Crippen LogP contribution < -0.4 is 4.90 Å². The first kappa shape index (κ1) is 15.3. The molecule has 1 amide bonds. The highest BCUT2D eigenvalue weighted by molar-refractivity contribution is 6.03. The van der Waals surface area contributed by atoms with E-state index in [2.05, 4.69) is 10.0 Å². The van der Waals surface area contributed by atoms with Gasteiger partial charge in [-0.1, -0.05) is 5.11 Å². The normalized spacial score (nSPS) is 17.2. The molecule has 10 heteroatoms. The SMILES string of the molecule is [N-]=[N+]=NCC1CC(=O)N(c2cc([N+](=O)[O-])ccc2C(=O)O)C1. The Labute approximate surface area is 123 Å². The zero-order valence-electron chi connectivity index (χ0n) is 11.2. The highest BCUT2D eigenvalue weighted by atomic mass is 16.6. The zero-order valence-corrected chi connectivity index (χ0v) is 11.2. The summed E-state index contributed by atoms with van der Waals surface area (Å²) in [5.74, 6) is -1.89. The molecule has 0 radical (unpaired) electrons. The van der Waals surface area contributed by atoms with Gasteiger partial charge in [-0.3, -0.25) is 14.9 Å². The van der Waals surface area contributed by atoms with E-state index in [1.807, 2.05) is 0 Å². The van der Waals surface area contributed by atoms with Crippen LogP contribution in [0.2, 0.25) is 0 Å². The predicted octanol–water partition coefficient (Wildman–Crippen LogP) is 1.96. The van der Waals surface area contributed by atoms with E-state index >= 15 is 0 Å². The lowest BCUT2D eigenvalue weighted by Crippen LogP contribution is -2.27. The first-order chi connectivity index (χ1) is 10.4. The number of azide groups is 1. The molecule has 1 unspecified atom stereocenters. The molecule has 1 saturated heterocycles. The van der Waals surface area contributed by atoms with Crippen LogP contribution in [0.5, 0.6) is 0 Å². The van der Waals surface area contributed by atoms with Gasteiger partial charge in [-0.15, -0.1) is 0 Å². The van der Waals surface area contributed by atoms with Crippen LogP contribution in [0.3, 0.4) is 0 Å². The van der Waals surface area contributed by atoms with Crippen molar-refractivity contribution in [3.05, 3.63) is 44.3 Å². The van der Waals surface area contributed by atoms with Crippen LogP contribution in [0.1, 0.15) is 16.8 Å². The molecule has 1 fully saturated rings. The van der Waals surface area contributed by atoms with Crippen molar-refractivity contribution >= 4 is 23.3 Å². The number of nitro benzene ring substituents is 1. The van der Waals surface area contributed by atoms with E-state index in [0.717, 1.165) is 18.2 Å². The summed E-state index contributed by atoms with van der Waals surface area (Å²) >= 11 is 0. The molecule has 1 heterocycles. The summed E-state index contributed by atoms with van der Waals surface area (Å²) in [5, 5.41) is 23.4. The maximum Gasteiger partial charge on any atom is 0.337 e. The molecular weight excluding hydrogens is 294 g/mol. The van der Waals surface area contributed by atoms with Crippen LogP contribution in [-0.2, 0) is 4.79 Å². The Morgan fingerprint density at radius 3 is 2.91 bits per heavy atom. The third-order valence-electron chi connectivity index (χ3n) is 3.32. The largest absolute Gasteiger partial charge is 0.478 e. The first-order valence-corrected chi connectivity index (χ1v) is 6.27. The standard InChI is InChI=1S/C12H11N5O5/c13-15-14-5-7-3-11(18)16(6-7)10-4-8(17(21)22)1-2-9(10)12(19)20/h1-2,4,7H,3,5-6H2,(H,19,20). The van der Waals surface area contributed by atoms with Gasteiger partial charge in [0, 0.05) is 36.6 Å². The van der Waals surface area contributed by atoms with Crippen LogP contribution in [0.15, 0.2) is 23.3 Å². The molecule has 1 atom stereocenters. The Morgan fingerprint density at radius 1 is 1.59 bits per heavy atom. The van der Waals surface area contributed by atoms with Crippen LogP contribution in [0.4, 0.5) is 11.4 Å². The van der Waals surface area contributed by atoms with Crippen LogP contribution in [-0.4, -0.2) is 35.0 Å². The number of amides is 1. The van der Waals surface area contributed by atoms with Gasteiger partial charge in [-0.2, -0.15) is 0 Å². The van der Waals surface area contributed by atoms with Crippen molar-refractivity contribution in [2.75, 3.05) is 18.0 Å². The number of nitrogens with zero attached hydrogens (tertiary/aromatic N) is 5. The fraction of sp³-hybridized carbons (Fsp3) is 0.333. The number of nitro groups is 1. The average Bonchev–Trinajstić information content (AvgIpc) is 2.85. The van der Waals surface area contributed by atoms with Crippen LogP contribution in [0.25, 0.3) is 10.4 Å². The van der Waals surface area contributed by atoms with Gasteiger partial charge < -0.3 is 10.0 Å². The number of non-ortho nitro benzene ring substituents is 1. The Morgan fingerprint density at radius 2 is 2.32 bits per heavy atom. The lowest BCUT2D eigenvalue weighted by Gasteiger charge is -2.18. The number of benzene rings is 1. The second kappa shape index (κ2) is 6.10. The summed E-state index contributed by atoms with van der Waals surface area (Å²) in [5.41, 5.74) is 7.79. The lowest BCUT2D eigenvalue weighted by molar-refractivity contribution is -0.384. The summed E-state index contributed by atoms with van der Waals surface area (Å²) in [6.07, 6.45) is 0.0980. The van der Waals surface area contributed by atoms with Crippen molar-refractivity contribution < 1.29 is 19.6 Å². The molecule has 0 bridgehead atoms. The molecule has 2 rings (SSSR count). The molecule has 1 N–H and O–H groups in total. The van der Waals surface area contributed by atoms with Gasteiger partial charge >= 0.3 is 5.97 Å². The minimum absolute atomic E-state index is 0.0184. The van der Waals surface area contributed by atoms with Crippen molar-refractivity contribution in [2.45, 2.75) is 6.42 Å². The summed E-state index contributed by atoms with van der Waals surface area (Å²) in [6.45, 7) is 0.259. The fourth-order valence-electron chi connectivity index (χ4n) is 2.33. The maximum atomic E-state index is 12.0. The molecule has 0 spiro atoms. The van der Waals surface area contributed by atoms with Crippen molar-refractivity contribution in [1.82, 2.24) is 0 Å². The molecule has 0 saturated carbocycles. The van der Waals surface area contributed by atoms with E-state index in [0.29, 0.717) is 0 Å². The smallest absolute Gasteiger partial charge is 0.337 e. The van der Waals surface area contributed by atoms with E-state index < -0.39 is 10.9 Å². The number of anilines is 1. The number of hydrogen-bond acceptors (Lipinski definition) is 5. The number of rotatable bonds is 5. The number of carboxylic acid groups (broad SMARTS) is 1. The third-order valence-corrected chi connectivity index (χ3v) is 3.32. The van der Waals surface area contributed by atoms with Gasteiger partial charge in [0.05, 0.1) is 16.2 Å². The predicted molar refractivity (Wildman–Crippen MR) is 74.5 cm³/mol. The van der Waals surface area contributed by atoms with Gasteiger partial charge in [-0.25, -0.2) is 4.79 Å². The summed E-state index contributed by atoms with van der Waals surface area (Å²) in [7, 11) is 0. The van der Waals surface area contributed by atoms with Crippen molar-refractivity contribution in [3.63, 3.8) is 0 Å². The molecule has 0 aromatic heterocycles. The van der Waals surface area contributed by atoms with E-state index in [1.165, 1.54) is 4.90 Å². The van der Waals surface area contributed by atoms with Gasteiger partial charge in [0.15, 0.2) is 0 Å². The first-order valence-electron chi connectivity index (χ1n) is 6.27. The zero-order chi connectivity index (χ0) is 16.3. The second-order valence-corrected chi connectivity index (χ2v) is 4.75. The number of aromatic carboxylic acids is 1. The summed E-state index contributed by atoms with van der Waals surface area (Å²) < 4.78 is 0. The summed E-state index contributed by atoms with van der Waals surface area (Å²) in [6, 6.07) is 3.24. The average molecular weight is 305 g/mol. The van der Waals surface area contributed by atoms with Gasteiger partial charge in [0.1, 0.15) is 0 Å². The van der Waals surface area contributed by atoms with E-state index in [1.54, 1.807) is 0 Å². The topological polar surface area (TPSA) is 150 Å². The van der Waals surface area contributed by atoms with E-state index in [-0.39, 0.29) is 48.3 Å². The molecule has 22 heavy (non-hydrogen) atoms. The number of carboxylic acids is 1.